The average Bonchev–Trinajstić information content (AvgIpc) is 3.32. The van der Waals surface area contributed by atoms with Crippen LogP contribution in [0.15, 0.2) is 65.7 Å². The van der Waals surface area contributed by atoms with Gasteiger partial charge in [-0.05, 0) is 31.4 Å². The van der Waals surface area contributed by atoms with Crippen LogP contribution in [-0.2, 0) is 26.7 Å². The van der Waals surface area contributed by atoms with Gasteiger partial charge in [0, 0.05) is 32.2 Å². The molecule has 2 heterocycles. The van der Waals surface area contributed by atoms with Crippen LogP contribution in [0.4, 0.5) is 0 Å². The second-order valence-electron chi connectivity index (χ2n) is 8.57. The van der Waals surface area contributed by atoms with Gasteiger partial charge in [0.25, 0.3) is 0 Å². The van der Waals surface area contributed by atoms with E-state index in [9.17, 15) is 0 Å². The summed E-state index contributed by atoms with van der Waals surface area (Å²) in [5.74, 6) is 2.61. The molecule has 2 atom stereocenters. The molecule has 176 valence electrons. The van der Waals surface area contributed by atoms with E-state index in [1.807, 2.05) is 36.7 Å². The van der Waals surface area contributed by atoms with E-state index >= 15 is 0 Å². The fourth-order valence-corrected chi connectivity index (χ4v) is 4.11. The molecule has 8 heteroatoms. The zero-order valence-corrected chi connectivity index (χ0v) is 21.9. The molecule has 4 rings (SSSR count). The maximum atomic E-state index is 4.86. The van der Waals surface area contributed by atoms with Crippen LogP contribution in [0.1, 0.15) is 36.1 Å². The minimum Gasteiger partial charge on any atom is -0.352 e. The van der Waals surface area contributed by atoms with Crippen molar-refractivity contribution < 1.29 is 0 Å². The number of aryl methyl sites for hydroxylation is 1. The number of rotatable bonds is 7. The molecule has 1 aromatic heterocycles. The monoisotopic (exact) mass is 559 g/mol. The zero-order valence-electron chi connectivity index (χ0n) is 19.6. The van der Waals surface area contributed by atoms with E-state index in [0.717, 1.165) is 37.1 Å². The number of guanidine groups is 1. The molecule has 3 aromatic rings. The van der Waals surface area contributed by atoms with Gasteiger partial charge >= 0.3 is 0 Å². The number of aromatic nitrogens is 3. The molecule has 7 nitrogen and oxygen atoms in total. The van der Waals surface area contributed by atoms with Gasteiger partial charge < -0.3 is 15.2 Å². The first-order valence-corrected chi connectivity index (χ1v) is 11.3. The quantitative estimate of drug-likeness (QED) is 0.263. The van der Waals surface area contributed by atoms with Gasteiger partial charge in [0.05, 0.1) is 13.1 Å². The molecule has 0 saturated carbocycles. The molecule has 1 aliphatic rings. The van der Waals surface area contributed by atoms with Crippen molar-refractivity contribution in [1.29, 1.82) is 0 Å². The number of aliphatic imine (C=N–C) groups is 1. The summed E-state index contributed by atoms with van der Waals surface area (Å²) in [6, 6.07) is 21.9. The van der Waals surface area contributed by atoms with Gasteiger partial charge in [0.15, 0.2) is 11.8 Å². The number of nitrogens with zero attached hydrogens (tertiary/aromatic N) is 5. The Morgan fingerprint density at radius 3 is 2.33 bits per heavy atom. The summed E-state index contributed by atoms with van der Waals surface area (Å²) < 4.78 is 2.00. The number of benzene rings is 2. The molecule has 2 N–H and O–H groups in total. The largest absolute Gasteiger partial charge is 0.352 e. The molecule has 33 heavy (non-hydrogen) atoms. The molecular weight excluding hydrogens is 525 g/mol. The summed E-state index contributed by atoms with van der Waals surface area (Å²) in [4.78, 5) is 7.40. The van der Waals surface area contributed by atoms with Crippen LogP contribution in [0.2, 0.25) is 0 Å². The van der Waals surface area contributed by atoms with Crippen molar-refractivity contribution in [2.45, 2.75) is 52.0 Å². The summed E-state index contributed by atoms with van der Waals surface area (Å²) in [7, 11) is 1.99. The maximum absolute atomic E-state index is 4.86. The Bertz CT molecular complexity index is 1020. The fraction of sp³-hybridized carbons (Fsp3) is 0.400. The van der Waals surface area contributed by atoms with Crippen LogP contribution in [-0.4, -0.2) is 44.3 Å². The third-order valence-corrected chi connectivity index (χ3v) is 6.13. The maximum Gasteiger partial charge on any atom is 0.192 e. The lowest BCUT2D eigenvalue weighted by atomic mass is 10.2. The van der Waals surface area contributed by atoms with E-state index in [-0.39, 0.29) is 24.0 Å². The number of likely N-dealkylation sites (tertiary alicyclic amines) is 1. The zero-order chi connectivity index (χ0) is 22.3. The number of hydrogen-bond acceptors (Lipinski definition) is 4. The first-order valence-electron chi connectivity index (χ1n) is 11.3. The topological polar surface area (TPSA) is 70.4 Å². The Morgan fingerprint density at radius 2 is 1.70 bits per heavy atom. The Kier molecular flexibility index (Phi) is 9.25. The molecule has 1 saturated heterocycles. The van der Waals surface area contributed by atoms with Gasteiger partial charge in [0.2, 0.25) is 0 Å². The van der Waals surface area contributed by atoms with Gasteiger partial charge in [-0.2, -0.15) is 0 Å². The predicted octanol–water partition coefficient (Wildman–Crippen LogP) is 3.64. The highest BCUT2D eigenvalue weighted by molar-refractivity contribution is 14.0. The molecule has 0 bridgehead atoms. The second-order valence-corrected chi connectivity index (χ2v) is 8.57. The van der Waals surface area contributed by atoms with Crippen LogP contribution in [0, 0.1) is 6.92 Å². The minimum absolute atomic E-state index is 0. The van der Waals surface area contributed by atoms with E-state index in [1.165, 1.54) is 11.1 Å². The van der Waals surface area contributed by atoms with Gasteiger partial charge in [0.1, 0.15) is 5.82 Å². The molecule has 0 amide bonds. The number of halogens is 1. The van der Waals surface area contributed by atoms with Gasteiger partial charge in [-0.1, -0.05) is 60.7 Å². The summed E-state index contributed by atoms with van der Waals surface area (Å²) in [6.45, 7) is 7.44. The molecule has 2 aromatic carbocycles. The predicted molar refractivity (Wildman–Crippen MR) is 143 cm³/mol. The minimum atomic E-state index is 0. The molecule has 0 spiro atoms. The summed E-state index contributed by atoms with van der Waals surface area (Å²) >= 11 is 0. The normalized spacial score (nSPS) is 18.7. The van der Waals surface area contributed by atoms with E-state index < -0.39 is 0 Å². The third-order valence-electron chi connectivity index (χ3n) is 6.13. The van der Waals surface area contributed by atoms with E-state index in [0.29, 0.717) is 25.2 Å². The lowest BCUT2D eigenvalue weighted by Gasteiger charge is -2.21. The fourth-order valence-electron chi connectivity index (χ4n) is 4.11. The lowest BCUT2D eigenvalue weighted by Crippen LogP contribution is -2.44. The van der Waals surface area contributed by atoms with Crippen molar-refractivity contribution in [3.63, 3.8) is 0 Å². The highest BCUT2D eigenvalue weighted by Crippen LogP contribution is 2.20. The van der Waals surface area contributed by atoms with Gasteiger partial charge in [-0.3, -0.25) is 4.90 Å². The SMILES string of the molecule is Cc1nnc(CNC(=NCc2ccccc2)NC2CC(C)N(Cc3ccccc3)C2)n1C.I. The smallest absolute Gasteiger partial charge is 0.192 e. The summed E-state index contributed by atoms with van der Waals surface area (Å²) in [5, 5.41) is 15.6. The third kappa shape index (κ3) is 7.01. The number of nitrogens with one attached hydrogen (secondary N) is 2. The molecule has 2 unspecified atom stereocenters. The van der Waals surface area contributed by atoms with Crippen LogP contribution < -0.4 is 10.6 Å². The van der Waals surface area contributed by atoms with Crippen molar-refractivity contribution in [3.05, 3.63) is 83.4 Å². The highest BCUT2D eigenvalue weighted by Gasteiger charge is 2.29. The van der Waals surface area contributed by atoms with E-state index in [4.69, 9.17) is 4.99 Å². The van der Waals surface area contributed by atoms with Crippen LogP contribution >= 0.6 is 24.0 Å². The Balaban J connectivity index is 0.00000306. The molecule has 0 aliphatic carbocycles. The molecular formula is C25H34IN7. The second kappa shape index (κ2) is 12.1. The molecule has 1 fully saturated rings. The van der Waals surface area contributed by atoms with Crippen LogP contribution in [0.25, 0.3) is 0 Å². The van der Waals surface area contributed by atoms with Gasteiger partial charge in [-0.15, -0.1) is 34.2 Å². The van der Waals surface area contributed by atoms with Gasteiger partial charge in [-0.25, -0.2) is 4.99 Å². The standard InChI is InChI=1S/C25H33N7.HI/c1-19-14-23(18-32(19)17-22-12-8-5-9-13-22)28-25(26-15-21-10-6-4-7-11-21)27-16-24-30-29-20(2)31(24)3;/h4-13,19,23H,14-18H2,1-3H3,(H2,26,27,28);1H. The Labute approximate surface area is 213 Å². The van der Waals surface area contributed by atoms with Crippen LogP contribution in [0.5, 0.6) is 0 Å². The summed E-state index contributed by atoms with van der Waals surface area (Å²) in [5.41, 5.74) is 2.54. The first-order chi connectivity index (χ1) is 15.6. The first kappa shape index (κ1) is 25.2. The van der Waals surface area contributed by atoms with Crippen LogP contribution in [0.3, 0.4) is 0 Å². The van der Waals surface area contributed by atoms with E-state index in [2.05, 4.69) is 75.1 Å². The summed E-state index contributed by atoms with van der Waals surface area (Å²) in [6.07, 6.45) is 1.09. The van der Waals surface area contributed by atoms with Crippen molar-refractivity contribution in [3.8, 4) is 0 Å². The van der Waals surface area contributed by atoms with Crippen molar-refractivity contribution in [1.82, 2.24) is 30.3 Å². The van der Waals surface area contributed by atoms with Crippen molar-refractivity contribution in [2.75, 3.05) is 6.54 Å². The van der Waals surface area contributed by atoms with Crippen molar-refractivity contribution in [2.24, 2.45) is 12.0 Å². The van der Waals surface area contributed by atoms with E-state index in [1.54, 1.807) is 0 Å². The lowest BCUT2D eigenvalue weighted by molar-refractivity contribution is 0.258. The average molecular weight is 560 g/mol. The Hall–Kier alpha value is -2.46. The Morgan fingerprint density at radius 1 is 1.03 bits per heavy atom. The molecule has 1 aliphatic heterocycles. The number of hydrogen-bond donors (Lipinski definition) is 2. The highest BCUT2D eigenvalue weighted by atomic mass is 127. The molecule has 0 radical (unpaired) electrons. The van der Waals surface area contributed by atoms with Crippen molar-refractivity contribution >= 4 is 29.9 Å².